The summed E-state index contributed by atoms with van der Waals surface area (Å²) >= 11 is 0. The standard InChI is InChI=1S/C33H39N3O5/c1-34-31(32(37)35-23-33-14-17-36(18-15-33)19-16-33)26-8-13-29(40-21-24-4-9-27(38-2)10-5-24)30(20-26)41-22-25-6-11-28(39-3)12-7-25/h4-13,20H,14-19,21-23H2,1-3H3,(H,35,37)/b34-31-. The van der Waals surface area contributed by atoms with Gasteiger partial charge in [-0.3, -0.25) is 9.79 Å². The highest BCUT2D eigenvalue weighted by Gasteiger charge is 2.39. The number of piperidine rings is 3. The van der Waals surface area contributed by atoms with E-state index in [0.29, 0.717) is 42.5 Å². The van der Waals surface area contributed by atoms with Gasteiger partial charge >= 0.3 is 0 Å². The number of aliphatic imine (C=N–C) groups is 1. The van der Waals surface area contributed by atoms with Crippen LogP contribution in [0.3, 0.4) is 0 Å². The Kier molecular flexibility index (Phi) is 9.09. The predicted octanol–water partition coefficient (Wildman–Crippen LogP) is 4.88. The molecule has 3 heterocycles. The zero-order valence-electron chi connectivity index (χ0n) is 24.2. The molecule has 0 atom stereocenters. The van der Waals surface area contributed by atoms with Crippen molar-refractivity contribution >= 4 is 11.6 Å². The summed E-state index contributed by atoms with van der Waals surface area (Å²) in [4.78, 5) is 20.2. The molecule has 0 aromatic heterocycles. The molecule has 216 valence electrons. The summed E-state index contributed by atoms with van der Waals surface area (Å²) in [5, 5.41) is 3.19. The van der Waals surface area contributed by atoms with Gasteiger partial charge in [-0.05, 0) is 97.9 Å². The summed E-state index contributed by atoms with van der Waals surface area (Å²) < 4.78 is 23.0. The van der Waals surface area contributed by atoms with Gasteiger partial charge in [0.2, 0.25) is 0 Å². The fraction of sp³-hybridized carbons (Fsp3) is 0.394. The van der Waals surface area contributed by atoms with Gasteiger partial charge < -0.3 is 29.2 Å². The lowest BCUT2D eigenvalue weighted by Crippen LogP contribution is -2.53. The second-order valence-electron chi connectivity index (χ2n) is 10.8. The van der Waals surface area contributed by atoms with E-state index in [1.165, 1.54) is 0 Å². The molecule has 3 aromatic carbocycles. The van der Waals surface area contributed by atoms with Gasteiger partial charge in [-0.1, -0.05) is 24.3 Å². The van der Waals surface area contributed by atoms with E-state index in [0.717, 1.165) is 61.5 Å². The minimum atomic E-state index is -0.164. The Morgan fingerprint density at radius 3 is 1.85 bits per heavy atom. The zero-order chi connectivity index (χ0) is 28.7. The van der Waals surface area contributed by atoms with Crippen LogP contribution in [0.4, 0.5) is 0 Å². The highest BCUT2D eigenvalue weighted by atomic mass is 16.5. The molecule has 2 bridgehead atoms. The number of nitrogens with zero attached hydrogens (tertiary/aromatic N) is 2. The fourth-order valence-electron chi connectivity index (χ4n) is 5.53. The Labute approximate surface area is 242 Å². The van der Waals surface area contributed by atoms with Crippen LogP contribution in [0.1, 0.15) is 36.0 Å². The number of carbonyl (C=O) groups is 1. The topological polar surface area (TPSA) is 81.6 Å². The van der Waals surface area contributed by atoms with Crippen LogP contribution in [0.2, 0.25) is 0 Å². The molecule has 8 heteroatoms. The predicted molar refractivity (Wildman–Crippen MR) is 159 cm³/mol. The minimum absolute atomic E-state index is 0.164. The largest absolute Gasteiger partial charge is 0.497 e. The Hall–Kier alpha value is -4.04. The van der Waals surface area contributed by atoms with Crippen LogP contribution in [0.5, 0.6) is 23.0 Å². The number of methoxy groups -OCH3 is 2. The first-order valence-electron chi connectivity index (χ1n) is 14.1. The van der Waals surface area contributed by atoms with Crippen LogP contribution in [0, 0.1) is 5.41 Å². The highest BCUT2D eigenvalue weighted by molar-refractivity contribution is 6.45. The number of ether oxygens (including phenoxy) is 4. The van der Waals surface area contributed by atoms with E-state index in [1.54, 1.807) is 21.3 Å². The molecule has 3 aromatic rings. The van der Waals surface area contributed by atoms with Crippen molar-refractivity contribution in [2.45, 2.75) is 32.5 Å². The van der Waals surface area contributed by atoms with Gasteiger partial charge in [-0.2, -0.15) is 0 Å². The molecule has 0 unspecified atom stereocenters. The molecule has 0 spiro atoms. The van der Waals surface area contributed by atoms with Crippen LogP contribution in [0.15, 0.2) is 71.7 Å². The first kappa shape index (κ1) is 28.5. The van der Waals surface area contributed by atoms with Crippen LogP contribution in [0.25, 0.3) is 0 Å². The molecular weight excluding hydrogens is 518 g/mol. The second-order valence-corrected chi connectivity index (χ2v) is 10.8. The number of rotatable bonds is 12. The number of nitrogens with one attached hydrogen (secondary N) is 1. The molecule has 3 saturated heterocycles. The van der Waals surface area contributed by atoms with Crippen molar-refractivity contribution < 1.29 is 23.7 Å². The molecule has 0 radical (unpaired) electrons. The van der Waals surface area contributed by atoms with Gasteiger partial charge in [0.15, 0.2) is 11.5 Å². The van der Waals surface area contributed by atoms with Crippen LogP contribution in [-0.4, -0.2) is 64.0 Å². The monoisotopic (exact) mass is 557 g/mol. The Morgan fingerprint density at radius 1 is 0.805 bits per heavy atom. The average molecular weight is 558 g/mol. The van der Waals surface area contributed by atoms with Crippen molar-refractivity contribution in [3.63, 3.8) is 0 Å². The summed E-state index contributed by atoms with van der Waals surface area (Å²) in [6.45, 7) is 4.74. The minimum Gasteiger partial charge on any atom is -0.497 e. The summed E-state index contributed by atoms with van der Waals surface area (Å²) in [7, 11) is 4.94. The molecule has 41 heavy (non-hydrogen) atoms. The Bertz CT molecular complexity index is 1330. The maximum Gasteiger partial charge on any atom is 0.270 e. The van der Waals surface area contributed by atoms with Crippen LogP contribution < -0.4 is 24.3 Å². The number of fused-ring (bicyclic) bond motifs is 3. The number of carbonyl (C=O) groups excluding carboxylic acids is 1. The molecule has 3 fully saturated rings. The Morgan fingerprint density at radius 2 is 1.34 bits per heavy atom. The molecule has 8 nitrogen and oxygen atoms in total. The fourth-order valence-corrected chi connectivity index (χ4v) is 5.53. The van der Waals surface area contributed by atoms with Crippen molar-refractivity contribution in [3.8, 4) is 23.0 Å². The third-order valence-corrected chi connectivity index (χ3v) is 8.26. The summed E-state index contributed by atoms with van der Waals surface area (Å²) in [5.41, 5.74) is 3.25. The SMILES string of the molecule is C/N=C(\C(=O)NCC12CCN(CC1)CC2)c1ccc(OCc2ccc(OC)cc2)c(OCc2ccc(OC)cc2)c1. The summed E-state index contributed by atoms with van der Waals surface area (Å²) in [6.07, 6.45) is 3.40. The molecule has 1 amide bonds. The second kappa shape index (κ2) is 13.1. The lowest BCUT2D eigenvalue weighted by atomic mass is 9.72. The Balaban J connectivity index is 1.32. The molecule has 6 rings (SSSR count). The van der Waals surface area contributed by atoms with Crippen molar-refractivity contribution in [1.29, 1.82) is 0 Å². The zero-order valence-corrected chi connectivity index (χ0v) is 24.2. The molecule has 3 aliphatic heterocycles. The summed E-state index contributed by atoms with van der Waals surface area (Å²) in [6, 6.07) is 21.0. The van der Waals surface area contributed by atoms with E-state index in [-0.39, 0.29) is 11.3 Å². The van der Waals surface area contributed by atoms with Crippen molar-refractivity contribution in [1.82, 2.24) is 10.2 Å². The summed E-state index contributed by atoms with van der Waals surface area (Å²) in [5.74, 6) is 2.54. The van der Waals surface area contributed by atoms with Crippen LogP contribution >= 0.6 is 0 Å². The average Bonchev–Trinajstić information content (AvgIpc) is 3.04. The maximum absolute atomic E-state index is 13.3. The normalized spacial score (nSPS) is 19.9. The first-order chi connectivity index (χ1) is 20.0. The molecule has 0 saturated carbocycles. The molecule has 1 N–H and O–H groups in total. The van der Waals surface area contributed by atoms with Crippen molar-refractivity contribution in [2.24, 2.45) is 10.4 Å². The third-order valence-electron chi connectivity index (χ3n) is 8.26. The quantitative estimate of drug-likeness (QED) is 0.320. The van der Waals surface area contributed by atoms with Crippen molar-refractivity contribution in [2.75, 3.05) is 47.4 Å². The van der Waals surface area contributed by atoms with E-state index in [1.807, 2.05) is 66.7 Å². The number of hydrogen-bond donors (Lipinski definition) is 1. The number of hydrogen-bond acceptors (Lipinski definition) is 7. The first-order valence-corrected chi connectivity index (χ1v) is 14.1. The third kappa shape index (κ3) is 7.00. The molecular formula is C33H39N3O5. The van der Waals surface area contributed by atoms with E-state index in [4.69, 9.17) is 18.9 Å². The van der Waals surface area contributed by atoms with E-state index in [9.17, 15) is 4.79 Å². The lowest BCUT2D eigenvalue weighted by Gasteiger charge is -2.48. The van der Waals surface area contributed by atoms with Crippen LogP contribution in [-0.2, 0) is 18.0 Å². The van der Waals surface area contributed by atoms with Gasteiger partial charge in [0.25, 0.3) is 5.91 Å². The van der Waals surface area contributed by atoms with E-state index >= 15 is 0 Å². The van der Waals surface area contributed by atoms with Gasteiger partial charge in [-0.25, -0.2) is 0 Å². The number of amides is 1. The lowest BCUT2D eigenvalue weighted by molar-refractivity contribution is -0.115. The molecule has 3 aliphatic rings. The van der Waals surface area contributed by atoms with Gasteiger partial charge in [0.1, 0.15) is 30.4 Å². The highest BCUT2D eigenvalue weighted by Crippen LogP contribution is 2.39. The number of benzene rings is 3. The van der Waals surface area contributed by atoms with E-state index < -0.39 is 0 Å². The van der Waals surface area contributed by atoms with Gasteiger partial charge in [0.05, 0.1) is 14.2 Å². The van der Waals surface area contributed by atoms with Gasteiger partial charge in [0, 0.05) is 19.2 Å². The van der Waals surface area contributed by atoms with Gasteiger partial charge in [-0.15, -0.1) is 0 Å². The smallest absolute Gasteiger partial charge is 0.270 e. The molecule has 0 aliphatic carbocycles. The van der Waals surface area contributed by atoms with E-state index in [2.05, 4.69) is 15.2 Å². The maximum atomic E-state index is 13.3. The van der Waals surface area contributed by atoms with Crippen molar-refractivity contribution in [3.05, 3.63) is 83.4 Å².